The highest BCUT2D eigenvalue weighted by atomic mass is 29.6. The molecule has 0 spiro atoms. The molecular weight excluding hydrogens is 320 g/mol. The highest BCUT2D eigenvalue weighted by Crippen LogP contribution is 2.57. The van der Waals surface area contributed by atoms with Crippen LogP contribution in [0.15, 0.2) is 0 Å². The standard InChI is InChI=1S/C17H33O2Si3/c1-21(2,3)20(22(4,5)6)16(18)19-17-10-13-7-14(11-17)9-15(8-13)12-17/h13-15H,7-12H2,1-6H3. The molecule has 0 aromatic rings. The lowest BCUT2D eigenvalue weighted by atomic mass is 9.54. The molecule has 4 bridgehead atoms. The molecule has 4 aliphatic rings. The fourth-order valence-corrected chi connectivity index (χ4v) is 40.9. The Labute approximate surface area is 139 Å². The number of hydrogen-bond acceptors (Lipinski definition) is 2. The van der Waals surface area contributed by atoms with Crippen molar-refractivity contribution in [3.8, 4) is 0 Å². The van der Waals surface area contributed by atoms with Gasteiger partial charge in [0.25, 0.3) is 5.59 Å². The molecule has 4 aliphatic carbocycles. The second kappa shape index (κ2) is 5.31. The maximum absolute atomic E-state index is 13.2. The van der Waals surface area contributed by atoms with Gasteiger partial charge in [-0.1, -0.05) is 39.3 Å². The van der Waals surface area contributed by atoms with Gasteiger partial charge in [-0.2, -0.15) is 0 Å². The van der Waals surface area contributed by atoms with Gasteiger partial charge in [0.2, 0.25) is 0 Å². The summed E-state index contributed by atoms with van der Waals surface area (Å²) in [5, 5.41) is 0. The largest absolute Gasteiger partial charge is 0.464 e. The van der Waals surface area contributed by atoms with E-state index in [2.05, 4.69) is 39.3 Å². The first-order valence-electron chi connectivity index (χ1n) is 9.10. The molecule has 22 heavy (non-hydrogen) atoms. The lowest BCUT2D eigenvalue weighted by Crippen LogP contribution is -2.65. The van der Waals surface area contributed by atoms with Crippen molar-refractivity contribution in [1.29, 1.82) is 0 Å². The summed E-state index contributed by atoms with van der Waals surface area (Å²) in [7, 11) is -3.84. The van der Waals surface area contributed by atoms with E-state index in [-0.39, 0.29) is 11.2 Å². The van der Waals surface area contributed by atoms with Crippen LogP contribution in [0.4, 0.5) is 4.79 Å². The fourth-order valence-electron chi connectivity index (χ4n) is 6.14. The summed E-state index contributed by atoms with van der Waals surface area (Å²) >= 11 is 0. The van der Waals surface area contributed by atoms with Crippen LogP contribution in [0.2, 0.25) is 39.3 Å². The van der Waals surface area contributed by atoms with E-state index >= 15 is 0 Å². The Balaban J connectivity index is 1.78. The molecule has 0 aliphatic heterocycles. The first-order valence-corrected chi connectivity index (χ1v) is 19.6. The van der Waals surface area contributed by atoms with Gasteiger partial charge < -0.3 is 4.74 Å². The molecule has 0 aromatic heterocycles. The van der Waals surface area contributed by atoms with E-state index in [0.29, 0.717) is 0 Å². The van der Waals surface area contributed by atoms with Crippen molar-refractivity contribution >= 4 is 28.6 Å². The van der Waals surface area contributed by atoms with Crippen LogP contribution in [-0.2, 0) is 4.74 Å². The van der Waals surface area contributed by atoms with Crippen LogP contribution in [0, 0.1) is 17.8 Å². The minimum absolute atomic E-state index is 0.0406. The van der Waals surface area contributed by atoms with E-state index in [4.69, 9.17) is 4.74 Å². The van der Waals surface area contributed by atoms with Gasteiger partial charge in [-0.3, -0.25) is 4.79 Å². The van der Waals surface area contributed by atoms with Crippen LogP contribution in [0.25, 0.3) is 0 Å². The van der Waals surface area contributed by atoms with Crippen LogP contribution in [-0.4, -0.2) is 34.2 Å². The van der Waals surface area contributed by atoms with Gasteiger partial charge in [0, 0.05) is 15.2 Å². The Morgan fingerprint density at radius 3 is 1.55 bits per heavy atom. The molecule has 0 amide bonds. The molecule has 1 radical (unpaired) electrons. The van der Waals surface area contributed by atoms with Crippen molar-refractivity contribution in [3.63, 3.8) is 0 Å². The number of rotatable bonds is 4. The van der Waals surface area contributed by atoms with Crippen molar-refractivity contribution in [2.45, 2.75) is 83.4 Å². The van der Waals surface area contributed by atoms with E-state index in [0.717, 1.165) is 17.8 Å². The minimum atomic E-state index is -1.43. The first kappa shape index (κ1) is 17.0. The first-order chi connectivity index (χ1) is 9.98. The number of carbonyl (C=O) groups is 1. The monoisotopic (exact) mass is 353 g/mol. The SMILES string of the molecule is C[Si](C)(C)[Si](C(=O)OC12CC3CC(CC(C3)C1)C2)[Si](C)(C)C. The summed E-state index contributed by atoms with van der Waals surface area (Å²) in [6, 6.07) is 0. The Kier molecular flexibility index (Phi) is 4.10. The van der Waals surface area contributed by atoms with Crippen molar-refractivity contribution in [3.05, 3.63) is 0 Å². The molecule has 5 heteroatoms. The van der Waals surface area contributed by atoms with Gasteiger partial charge in [-0.15, -0.1) is 0 Å². The Hall–Kier alpha value is 0.121. The molecule has 0 atom stereocenters. The predicted molar refractivity (Wildman–Crippen MR) is 99.8 cm³/mol. The molecular formula is C17H33O2Si3. The van der Waals surface area contributed by atoms with E-state index in [1.807, 2.05) is 0 Å². The van der Waals surface area contributed by atoms with Gasteiger partial charge in [0.15, 0.2) is 7.83 Å². The van der Waals surface area contributed by atoms with Crippen LogP contribution in [0.5, 0.6) is 0 Å². The molecule has 0 unspecified atom stereocenters. The average molecular weight is 354 g/mol. The van der Waals surface area contributed by atoms with E-state index < -0.39 is 23.0 Å². The van der Waals surface area contributed by atoms with Crippen LogP contribution >= 0.6 is 0 Å². The van der Waals surface area contributed by atoms with Gasteiger partial charge >= 0.3 is 0 Å². The third-order valence-corrected chi connectivity index (χ3v) is 33.2. The topological polar surface area (TPSA) is 26.3 Å². The maximum atomic E-state index is 13.2. The highest BCUT2D eigenvalue weighted by molar-refractivity contribution is 7.68. The number of hydrogen-bond donors (Lipinski definition) is 0. The zero-order chi connectivity index (χ0) is 16.3. The fraction of sp³-hybridized carbons (Fsp3) is 0.941. The van der Waals surface area contributed by atoms with Gasteiger partial charge in [-0.05, 0) is 56.3 Å². The maximum Gasteiger partial charge on any atom is 0.264 e. The van der Waals surface area contributed by atoms with Gasteiger partial charge in [-0.25, -0.2) is 0 Å². The summed E-state index contributed by atoms with van der Waals surface area (Å²) in [5.41, 5.74) is 0.242. The molecule has 0 aromatic carbocycles. The molecule has 0 saturated heterocycles. The lowest BCUT2D eigenvalue weighted by Gasteiger charge is -2.56. The summed E-state index contributed by atoms with van der Waals surface area (Å²) in [5.74, 6) is 2.57. The molecule has 0 heterocycles. The molecule has 125 valence electrons. The molecule has 2 nitrogen and oxygen atoms in total. The Morgan fingerprint density at radius 2 is 1.23 bits per heavy atom. The van der Waals surface area contributed by atoms with E-state index in [1.54, 1.807) is 0 Å². The smallest absolute Gasteiger partial charge is 0.264 e. The van der Waals surface area contributed by atoms with Crippen molar-refractivity contribution < 1.29 is 9.53 Å². The predicted octanol–water partition coefficient (Wildman–Crippen LogP) is 5.00. The third kappa shape index (κ3) is 3.18. The third-order valence-electron chi connectivity index (χ3n) is 6.00. The summed E-state index contributed by atoms with van der Waals surface area (Å²) < 4.78 is 6.44. The average Bonchev–Trinajstić information content (AvgIpc) is 2.20. The van der Waals surface area contributed by atoms with Crippen LogP contribution in [0.3, 0.4) is 0 Å². The second-order valence-electron chi connectivity index (χ2n) is 10.4. The molecule has 0 N–H and O–H groups in total. The zero-order valence-electron chi connectivity index (χ0n) is 15.3. The van der Waals surface area contributed by atoms with Gasteiger partial charge in [0.05, 0.1) is 0 Å². The van der Waals surface area contributed by atoms with Crippen LogP contribution in [0.1, 0.15) is 38.5 Å². The van der Waals surface area contributed by atoms with E-state index in [9.17, 15) is 4.79 Å². The van der Waals surface area contributed by atoms with Crippen LogP contribution < -0.4 is 0 Å². The number of ether oxygens (including phenoxy) is 1. The summed E-state index contributed by atoms with van der Waals surface area (Å²) in [6.45, 7) is 14.3. The van der Waals surface area contributed by atoms with Crippen molar-refractivity contribution in [2.75, 3.05) is 0 Å². The summed E-state index contributed by atoms with van der Waals surface area (Å²) in [6.07, 6.45) is 7.77. The highest BCUT2D eigenvalue weighted by Gasteiger charge is 2.55. The normalized spacial score (nSPS) is 37.7. The van der Waals surface area contributed by atoms with E-state index in [1.165, 1.54) is 38.5 Å². The van der Waals surface area contributed by atoms with Crippen molar-refractivity contribution in [1.82, 2.24) is 0 Å². The minimum Gasteiger partial charge on any atom is -0.464 e. The zero-order valence-corrected chi connectivity index (χ0v) is 18.3. The van der Waals surface area contributed by atoms with Crippen molar-refractivity contribution in [2.24, 2.45) is 17.8 Å². The second-order valence-corrected chi connectivity index (χ2v) is 34.0. The molecule has 4 rings (SSSR count). The Bertz CT molecular complexity index is 412. The summed E-state index contributed by atoms with van der Waals surface area (Å²) in [4.78, 5) is 13.2. The molecule has 4 saturated carbocycles. The Morgan fingerprint density at radius 1 is 0.864 bits per heavy atom. The quantitative estimate of drug-likeness (QED) is 0.665. The lowest BCUT2D eigenvalue weighted by molar-refractivity contribution is -0.121. The number of carbonyl (C=O) groups excluding carboxylic acids is 1. The molecule has 4 fully saturated rings. The van der Waals surface area contributed by atoms with Gasteiger partial charge in [0.1, 0.15) is 5.60 Å².